The molecule has 0 fully saturated rings. The van der Waals surface area contributed by atoms with E-state index in [1.165, 1.54) is 36.6 Å². The van der Waals surface area contributed by atoms with Gasteiger partial charge in [0.05, 0.1) is 11.2 Å². The Morgan fingerprint density at radius 3 is 2.26 bits per heavy atom. The molecule has 1 atom stereocenters. The number of carbonyl (C=O) groups is 2. The van der Waals surface area contributed by atoms with E-state index in [0.717, 1.165) is 0 Å². The van der Waals surface area contributed by atoms with E-state index in [1.54, 1.807) is 36.4 Å². The maximum absolute atomic E-state index is 12.8. The van der Waals surface area contributed by atoms with Crippen molar-refractivity contribution in [2.75, 3.05) is 5.32 Å². The Morgan fingerprint density at radius 1 is 0.963 bits per heavy atom. The molecular formula is C19H15N3O5. The van der Waals surface area contributed by atoms with Crippen LogP contribution in [0.2, 0.25) is 0 Å². The van der Waals surface area contributed by atoms with Crippen LogP contribution < -0.4 is 10.6 Å². The van der Waals surface area contributed by atoms with Crippen LogP contribution in [0.15, 0.2) is 77.4 Å². The number of benzene rings is 2. The number of nitrogens with zero attached hydrogens (tertiary/aromatic N) is 1. The fourth-order valence-corrected chi connectivity index (χ4v) is 2.39. The van der Waals surface area contributed by atoms with Crippen molar-refractivity contribution in [2.45, 2.75) is 6.17 Å². The van der Waals surface area contributed by atoms with Crippen LogP contribution in [0, 0.1) is 10.1 Å². The smallest absolute Gasteiger partial charge is 0.288 e. The quantitative estimate of drug-likeness (QED) is 0.287. The highest BCUT2D eigenvalue weighted by atomic mass is 16.6. The van der Waals surface area contributed by atoms with Crippen LogP contribution in [0.1, 0.15) is 20.9 Å². The Labute approximate surface area is 154 Å². The molecule has 0 bridgehead atoms. The Bertz CT molecular complexity index is 937. The molecule has 0 aliphatic carbocycles. The molecule has 0 unspecified atom stereocenters. The normalized spacial score (nSPS) is 11.4. The van der Waals surface area contributed by atoms with Crippen molar-refractivity contribution in [3.05, 3.63) is 94.4 Å². The first kappa shape index (κ1) is 17.9. The van der Waals surface area contributed by atoms with Gasteiger partial charge in [-0.05, 0) is 24.3 Å². The van der Waals surface area contributed by atoms with E-state index in [1.807, 2.05) is 0 Å². The maximum atomic E-state index is 12.8. The second-order valence-electron chi connectivity index (χ2n) is 5.56. The standard InChI is InChI=1S/C19H15N3O5/c23-17(13-5-2-1-3-6-13)18(21-19(24)16-7-4-12-27-16)20-14-8-10-15(11-9-14)22(25)26/h1-12,18,20H,(H,21,24)/t18-/m1/s1. The first-order chi connectivity index (χ1) is 13.0. The van der Waals surface area contributed by atoms with Crippen molar-refractivity contribution >= 4 is 23.1 Å². The SMILES string of the molecule is O=C(N[C@@H](Nc1ccc([N+](=O)[O-])cc1)C(=O)c1ccccc1)c1ccco1. The van der Waals surface area contributed by atoms with E-state index >= 15 is 0 Å². The van der Waals surface area contributed by atoms with Crippen LogP contribution in [0.5, 0.6) is 0 Å². The van der Waals surface area contributed by atoms with Gasteiger partial charge in [0.25, 0.3) is 11.6 Å². The number of nitro groups is 1. The molecule has 2 N–H and O–H groups in total. The largest absolute Gasteiger partial charge is 0.459 e. The Hall–Kier alpha value is -3.94. The van der Waals surface area contributed by atoms with Crippen LogP contribution in [-0.2, 0) is 0 Å². The topological polar surface area (TPSA) is 114 Å². The summed E-state index contributed by atoms with van der Waals surface area (Å²) in [4.78, 5) is 35.4. The molecule has 0 saturated heterocycles. The zero-order valence-electron chi connectivity index (χ0n) is 14.0. The minimum absolute atomic E-state index is 0.0614. The predicted molar refractivity (Wildman–Crippen MR) is 97.5 cm³/mol. The summed E-state index contributed by atoms with van der Waals surface area (Å²) in [5.74, 6) is -0.871. The zero-order valence-corrected chi connectivity index (χ0v) is 14.0. The number of hydrogen-bond donors (Lipinski definition) is 2. The molecule has 2 aromatic carbocycles. The molecule has 136 valence electrons. The average Bonchev–Trinajstić information content (AvgIpc) is 3.23. The molecule has 3 rings (SSSR count). The molecule has 1 aromatic heterocycles. The molecule has 1 heterocycles. The fourth-order valence-electron chi connectivity index (χ4n) is 2.39. The summed E-state index contributed by atoms with van der Waals surface area (Å²) in [6.45, 7) is 0. The molecule has 3 aromatic rings. The number of nitrogens with one attached hydrogen (secondary N) is 2. The van der Waals surface area contributed by atoms with Crippen molar-refractivity contribution in [3.63, 3.8) is 0 Å². The summed E-state index contributed by atoms with van der Waals surface area (Å²) in [5, 5.41) is 16.2. The van der Waals surface area contributed by atoms with Crippen LogP contribution >= 0.6 is 0 Å². The van der Waals surface area contributed by atoms with Gasteiger partial charge in [0.2, 0.25) is 5.78 Å². The molecule has 8 nitrogen and oxygen atoms in total. The van der Waals surface area contributed by atoms with Gasteiger partial charge < -0.3 is 15.1 Å². The lowest BCUT2D eigenvalue weighted by Crippen LogP contribution is -2.46. The number of hydrogen-bond acceptors (Lipinski definition) is 6. The van der Waals surface area contributed by atoms with Gasteiger partial charge in [-0.25, -0.2) is 0 Å². The summed E-state index contributed by atoms with van der Waals surface area (Å²) in [6, 6.07) is 17.0. The van der Waals surface area contributed by atoms with Crippen LogP contribution in [0.25, 0.3) is 0 Å². The Kier molecular flexibility index (Phi) is 5.27. The number of rotatable bonds is 7. The number of Topliss-reactive ketones (excluding diaryl/α,β-unsaturated/α-hetero) is 1. The van der Waals surface area contributed by atoms with Gasteiger partial charge in [0, 0.05) is 23.4 Å². The van der Waals surface area contributed by atoms with Gasteiger partial charge in [-0.1, -0.05) is 30.3 Å². The third-order valence-electron chi connectivity index (χ3n) is 3.73. The summed E-state index contributed by atoms with van der Waals surface area (Å²) >= 11 is 0. The van der Waals surface area contributed by atoms with E-state index in [2.05, 4.69) is 10.6 Å². The number of furan rings is 1. The molecule has 0 aliphatic rings. The molecule has 0 saturated carbocycles. The third kappa shape index (κ3) is 4.37. The van der Waals surface area contributed by atoms with Crippen molar-refractivity contribution in [3.8, 4) is 0 Å². The Morgan fingerprint density at radius 2 is 1.67 bits per heavy atom. The first-order valence-electron chi connectivity index (χ1n) is 7.99. The van der Waals surface area contributed by atoms with Gasteiger partial charge in [0.1, 0.15) is 0 Å². The summed E-state index contributed by atoms with van der Waals surface area (Å²) in [6.07, 6.45) is 0.263. The average molecular weight is 365 g/mol. The number of amides is 1. The molecule has 0 aliphatic heterocycles. The predicted octanol–water partition coefficient (Wildman–Crippen LogP) is 3.24. The monoisotopic (exact) mass is 365 g/mol. The molecular weight excluding hydrogens is 350 g/mol. The highest BCUT2D eigenvalue weighted by Crippen LogP contribution is 2.17. The number of non-ortho nitro benzene ring substituents is 1. The van der Waals surface area contributed by atoms with Crippen molar-refractivity contribution in [1.82, 2.24) is 5.32 Å². The summed E-state index contributed by atoms with van der Waals surface area (Å²) < 4.78 is 5.05. The van der Waals surface area contributed by atoms with Gasteiger partial charge in [-0.2, -0.15) is 0 Å². The summed E-state index contributed by atoms with van der Waals surface area (Å²) in [5.41, 5.74) is 0.761. The minimum Gasteiger partial charge on any atom is -0.459 e. The highest BCUT2D eigenvalue weighted by Gasteiger charge is 2.24. The van der Waals surface area contributed by atoms with Gasteiger partial charge in [0.15, 0.2) is 11.9 Å². The number of anilines is 1. The lowest BCUT2D eigenvalue weighted by molar-refractivity contribution is -0.384. The molecule has 0 spiro atoms. The zero-order chi connectivity index (χ0) is 19.2. The van der Waals surface area contributed by atoms with Gasteiger partial charge >= 0.3 is 0 Å². The molecule has 0 radical (unpaired) electrons. The van der Waals surface area contributed by atoms with E-state index in [9.17, 15) is 19.7 Å². The lowest BCUT2D eigenvalue weighted by atomic mass is 10.1. The van der Waals surface area contributed by atoms with Crippen LogP contribution in [0.3, 0.4) is 0 Å². The van der Waals surface area contributed by atoms with Gasteiger partial charge in [-0.15, -0.1) is 0 Å². The van der Waals surface area contributed by atoms with Crippen LogP contribution in [-0.4, -0.2) is 22.8 Å². The fraction of sp³-hybridized carbons (Fsp3) is 0.0526. The third-order valence-corrected chi connectivity index (χ3v) is 3.73. The van der Waals surface area contributed by atoms with E-state index in [0.29, 0.717) is 11.3 Å². The van der Waals surface area contributed by atoms with E-state index in [-0.39, 0.29) is 17.2 Å². The van der Waals surface area contributed by atoms with E-state index < -0.39 is 17.0 Å². The molecule has 27 heavy (non-hydrogen) atoms. The second kappa shape index (κ2) is 7.96. The first-order valence-corrected chi connectivity index (χ1v) is 7.99. The van der Waals surface area contributed by atoms with Crippen molar-refractivity contribution in [1.29, 1.82) is 0 Å². The lowest BCUT2D eigenvalue weighted by Gasteiger charge is -2.20. The number of carbonyl (C=O) groups excluding carboxylic acids is 2. The number of nitro benzene ring substituents is 1. The van der Waals surface area contributed by atoms with Crippen molar-refractivity contribution in [2.24, 2.45) is 0 Å². The Balaban J connectivity index is 1.83. The van der Waals surface area contributed by atoms with Crippen LogP contribution in [0.4, 0.5) is 11.4 Å². The minimum atomic E-state index is -1.09. The van der Waals surface area contributed by atoms with Gasteiger partial charge in [-0.3, -0.25) is 19.7 Å². The highest BCUT2D eigenvalue weighted by molar-refractivity contribution is 6.04. The second-order valence-corrected chi connectivity index (χ2v) is 5.56. The van der Waals surface area contributed by atoms with E-state index in [4.69, 9.17) is 4.42 Å². The molecule has 8 heteroatoms. The summed E-state index contributed by atoms with van der Waals surface area (Å²) in [7, 11) is 0. The molecule has 1 amide bonds. The number of ketones is 1. The maximum Gasteiger partial charge on any atom is 0.288 e. The van der Waals surface area contributed by atoms with Crippen molar-refractivity contribution < 1.29 is 18.9 Å².